The third kappa shape index (κ3) is 5.19. The van der Waals surface area contributed by atoms with Gasteiger partial charge in [0.25, 0.3) is 0 Å². The molecule has 1 N–H and O–H groups in total. The van der Waals surface area contributed by atoms with Gasteiger partial charge in [-0.2, -0.15) is 11.8 Å². The number of hydrogen-bond acceptors (Lipinski definition) is 3. The van der Waals surface area contributed by atoms with Gasteiger partial charge in [0.2, 0.25) is 0 Å². The van der Waals surface area contributed by atoms with Crippen LogP contribution in [-0.4, -0.2) is 29.8 Å². The minimum atomic E-state index is -0.332. The number of hydrogen-bond donors (Lipinski definition) is 1. The zero-order valence-electron chi connectivity index (χ0n) is 10.3. The van der Waals surface area contributed by atoms with E-state index in [0.29, 0.717) is 11.4 Å². The summed E-state index contributed by atoms with van der Waals surface area (Å²) in [4.78, 5) is 0. The van der Waals surface area contributed by atoms with E-state index >= 15 is 0 Å². The first kappa shape index (κ1) is 14.7. The van der Waals surface area contributed by atoms with Crippen LogP contribution >= 0.6 is 23.4 Å². The first-order valence-electron chi connectivity index (χ1n) is 5.75. The standard InChI is InChI=1S/C13H19ClO2S/c1-3-17-7-6-12(15)9-10-8-11(14)4-5-13(10)16-2/h4-5,8,12,15H,3,6-7,9H2,1-2H3. The smallest absolute Gasteiger partial charge is 0.122 e. The second-order valence-electron chi connectivity index (χ2n) is 3.80. The molecule has 1 unspecified atom stereocenters. The Balaban J connectivity index is 2.57. The number of benzene rings is 1. The predicted molar refractivity (Wildman–Crippen MR) is 75.3 cm³/mol. The summed E-state index contributed by atoms with van der Waals surface area (Å²) >= 11 is 7.79. The molecule has 0 aliphatic rings. The Morgan fingerprint density at radius 2 is 2.24 bits per heavy atom. The maximum atomic E-state index is 9.93. The van der Waals surface area contributed by atoms with Gasteiger partial charge in [-0.3, -0.25) is 0 Å². The summed E-state index contributed by atoms with van der Waals surface area (Å²) in [6.45, 7) is 2.12. The minimum Gasteiger partial charge on any atom is -0.496 e. The van der Waals surface area contributed by atoms with Gasteiger partial charge in [-0.05, 0) is 41.7 Å². The van der Waals surface area contributed by atoms with Crippen molar-refractivity contribution in [3.63, 3.8) is 0 Å². The second-order valence-corrected chi connectivity index (χ2v) is 5.63. The van der Waals surface area contributed by atoms with E-state index in [1.165, 1.54) is 0 Å². The number of ether oxygens (including phenoxy) is 1. The van der Waals surface area contributed by atoms with E-state index in [4.69, 9.17) is 16.3 Å². The fourth-order valence-electron chi connectivity index (χ4n) is 1.63. The van der Waals surface area contributed by atoms with E-state index in [-0.39, 0.29) is 6.10 Å². The largest absolute Gasteiger partial charge is 0.496 e. The summed E-state index contributed by atoms with van der Waals surface area (Å²) < 4.78 is 5.25. The number of thioether (sulfide) groups is 1. The van der Waals surface area contributed by atoms with E-state index in [1.54, 1.807) is 13.2 Å². The summed E-state index contributed by atoms with van der Waals surface area (Å²) in [7, 11) is 1.63. The Kier molecular flexibility index (Phi) is 6.78. The van der Waals surface area contributed by atoms with Gasteiger partial charge >= 0.3 is 0 Å². The van der Waals surface area contributed by atoms with Crippen molar-refractivity contribution < 1.29 is 9.84 Å². The highest BCUT2D eigenvalue weighted by atomic mass is 35.5. The van der Waals surface area contributed by atoms with Crippen LogP contribution in [0.5, 0.6) is 5.75 Å². The molecule has 0 radical (unpaired) electrons. The van der Waals surface area contributed by atoms with E-state index < -0.39 is 0 Å². The highest BCUT2D eigenvalue weighted by Crippen LogP contribution is 2.24. The van der Waals surface area contributed by atoms with Crippen LogP contribution in [0.4, 0.5) is 0 Å². The summed E-state index contributed by atoms with van der Waals surface area (Å²) in [5, 5.41) is 10.6. The van der Waals surface area contributed by atoms with Crippen molar-refractivity contribution in [2.45, 2.75) is 25.9 Å². The lowest BCUT2D eigenvalue weighted by molar-refractivity contribution is 0.171. The van der Waals surface area contributed by atoms with E-state index in [0.717, 1.165) is 29.2 Å². The molecule has 1 aromatic rings. The maximum Gasteiger partial charge on any atom is 0.122 e. The summed E-state index contributed by atoms with van der Waals surface area (Å²) in [6, 6.07) is 5.49. The van der Waals surface area contributed by atoms with Gasteiger partial charge in [-0.15, -0.1) is 0 Å². The third-order valence-electron chi connectivity index (χ3n) is 2.50. The minimum absolute atomic E-state index is 0.332. The Bertz CT molecular complexity index is 344. The normalized spacial score (nSPS) is 12.5. The molecular formula is C13H19ClO2S. The molecule has 1 aromatic carbocycles. The van der Waals surface area contributed by atoms with Crippen molar-refractivity contribution >= 4 is 23.4 Å². The molecule has 2 nitrogen and oxygen atoms in total. The molecule has 0 fully saturated rings. The molecule has 1 atom stereocenters. The fourth-order valence-corrected chi connectivity index (χ4v) is 2.55. The van der Waals surface area contributed by atoms with Gasteiger partial charge in [0, 0.05) is 11.4 Å². The topological polar surface area (TPSA) is 29.5 Å². The van der Waals surface area contributed by atoms with Gasteiger partial charge in [0.05, 0.1) is 13.2 Å². The van der Waals surface area contributed by atoms with Gasteiger partial charge in [-0.1, -0.05) is 18.5 Å². The lowest BCUT2D eigenvalue weighted by Crippen LogP contribution is -2.12. The lowest BCUT2D eigenvalue weighted by Gasteiger charge is -2.13. The van der Waals surface area contributed by atoms with Crippen LogP contribution in [0.2, 0.25) is 5.02 Å². The van der Waals surface area contributed by atoms with Gasteiger partial charge < -0.3 is 9.84 Å². The van der Waals surface area contributed by atoms with E-state index in [9.17, 15) is 5.11 Å². The summed E-state index contributed by atoms with van der Waals surface area (Å²) in [5.41, 5.74) is 0.967. The van der Waals surface area contributed by atoms with Crippen LogP contribution in [0.1, 0.15) is 18.9 Å². The molecule has 0 saturated carbocycles. The van der Waals surface area contributed by atoms with Crippen LogP contribution in [0.15, 0.2) is 18.2 Å². The van der Waals surface area contributed by atoms with Gasteiger partial charge in [-0.25, -0.2) is 0 Å². The molecule has 0 aliphatic carbocycles. The molecule has 4 heteroatoms. The predicted octanol–water partition coefficient (Wildman–Crippen LogP) is 3.40. The number of halogens is 1. The molecule has 1 rings (SSSR count). The monoisotopic (exact) mass is 274 g/mol. The highest BCUT2D eigenvalue weighted by Gasteiger charge is 2.10. The van der Waals surface area contributed by atoms with Crippen LogP contribution in [-0.2, 0) is 6.42 Å². The van der Waals surface area contributed by atoms with Crippen LogP contribution in [0, 0.1) is 0 Å². The Labute approximate surface area is 112 Å². The van der Waals surface area contributed by atoms with Crippen molar-refractivity contribution in [1.29, 1.82) is 0 Å². The zero-order chi connectivity index (χ0) is 12.7. The van der Waals surface area contributed by atoms with Gasteiger partial charge in [0.15, 0.2) is 0 Å². The lowest BCUT2D eigenvalue weighted by atomic mass is 10.1. The first-order chi connectivity index (χ1) is 8.17. The second kappa shape index (κ2) is 7.85. The number of aliphatic hydroxyl groups excluding tert-OH is 1. The molecule has 0 spiro atoms. The quantitative estimate of drug-likeness (QED) is 0.773. The third-order valence-corrected chi connectivity index (χ3v) is 3.67. The Hall–Kier alpha value is -0.380. The fraction of sp³-hybridized carbons (Fsp3) is 0.538. The molecule has 0 saturated heterocycles. The van der Waals surface area contributed by atoms with Crippen molar-refractivity contribution in [3.8, 4) is 5.75 Å². The van der Waals surface area contributed by atoms with Crippen LogP contribution < -0.4 is 4.74 Å². The molecule has 0 amide bonds. The molecule has 0 aromatic heterocycles. The molecule has 96 valence electrons. The number of rotatable bonds is 7. The molecule has 0 aliphatic heterocycles. The first-order valence-corrected chi connectivity index (χ1v) is 7.28. The maximum absolute atomic E-state index is 9.93. The van der Waals surface area contributed by atoms with E-state index in [1.807, 2.05) is 23.9 Å². The Morgan fingerprint density at radius 1 is 1.47 bits per heavy atom. The van der Waals surface area contributed by atoms with Crippen molar-refractivity contribution in [1.82, 2.24) is 0 Å². The molecule has 17 heavy (non-hydrogen) atoms. The van der Waals surface area contributed by atoms with Crippen LogP contribution in [0.3, 0.4) is 0 Å². The summed E-state index contributed by atoms with van der Waals surface area (Å²) in [6.07, 6.45) is 1.06. The average Bonchev–Trinajstić information content (AvgIpc) is 2.29. The van der Waals surface area contributed by atoms with Crippen molar-refractivity contribution in [3.05, 3.63) is 28.8 Å². The summed E-state index contributed by atoms with van der Waals surface area (Å²) in [5.74, 6) is 2.87. The zero-order valence-corrected chi connectivity index (χ0v) is 11.9. The van der Waals surface area contributed by atoms with Gasteiger partial charge in [0.1, 0.15) is 5.75 Å². The molecular weight excluding hydrogens is 256 g/mol. The van der Waals surface area contributed by atoms with E-state index in [2.05, 4.69) is 6.92 Å². The molecule has 0 heterocycles. The van der Waals surface area contributed by atoms with Crippen molar-refractivity contribution in [2.24, 2.45) is 0 Å². The number of aliphatic hydroxyl groups is 1. The average molecular weight is 275 g/mol. The Morgan fingerprint density at radius 3 is 2.88 bits per heavy atom. The number of methoxy groups -OCH3 is 1. The SMILES string of the molecule is CCSCCC(O)Cc1cc(Cl)ccc1OC. The molecule has 0 bridgehead atoms. The van der Waals surface area contributed by atoms with Crippen molar-refractivity contribution in [2.75, 3.05) is 18.6 Å². The van der Waals surface area contributed by atoms with Crippen LogP contribution in [0.25, 0.3) is 0 Å². The highest BCUT2D eigenvalue weighted by molar-refractivity contribution is 7.99.